The van der Waals surface area contributed by atoms with Gasteiger partial charge >= 0.3 is 0 Å². The molecular weight excluding hydrogens is 198 g/mol. The maximum absolute atomic E-state index is 10.1. The van der Waals surface area contributed by atoms with Gasteiger partial charge in [-0.25, -0.2) is 0 Å². The van der Waals surface area contributed by atoms with Crippen molar-refractivity contribution in [1.82, 2.24) is 5.32 Å². The molecule has 0 aromatic heterocycles. The summed E-state index contributed by atoms with van der Waals surface area (Å²) >= 11 is 0. The normalized spacial score (nSPS) is 19.6. The molecule has 0 amide bonds. The third-order valence-corrected chi connectivity index (χ3v) is 3.50. The molecule has 2 heteroatoms. The average Bonchev–Trinajstić information content (AvgIpc) is 2.38. The van der Waals surface area contributed by atoms with Gasteiger partial charge in [-0.15, -0.1) is 0 Å². The van der Waals surface area contributed by atoms with Crippen molar-refractivity contribution in [3.8, 4) is 0 Å². The van der Waals surface area contributed by atoms with Crippen molar-refractivity contribution in [2.24, 2.45) is 5.92 Å². The van der Waals surface area contributed by atoms with Gasteiger partial charge in [-0.3, -0.25) is 0 Å². The highest BCUT2D eigenvalue weighted by Crippen LogP contribution is 2.19. The van der Waals surface area contributed by atoms with E-state index >= 15 is 0 Å². The first kappa shape index (κ1) is 11.6. The van der Waals surface area contributed by atoms with E-state index in [4.69, 9.17) is 0 Å². The van der Waals surface area contributed by atoms with Crippen molar-refractivity contribution >= 4 is 0 Å². The Bertz CT molecular complexity index is 293. The van der Waals surface area contributed by atoms with E-state index in [0.717, 1.165) is 38.8 Å². The van der Waals surface area contributed by atoms with Crippen molar-refractivity contribution in [3.05, 3.63) is 35.9 Å². The Balaban J connectivity index is 1.76. The zero-order valence-electron chi connectivity index (χ0n) is 9.73. The first-order chi connectivity index (χ1) is 7.86. The van der Waals surface area contributed by atoms with Crippen LogP contribution in [0.5, 0.6) is 0 Å². The molecule has 0 unspecified atom stereocenters. The number of rotatable bonds is 4. The van der Waals surface area contributed by atoms with Gasteiger partial charge in [-0.05, 0) is 50.3 Å². The van der Waals surface area contributed by atoms with Crippen LogP contribution in [-0.2, 0) is 6.42 Å². The minimum atomic E-state index is -0.123. The second-order valence-corrected chi connectivity index (χ2v) is 4.68. The molecule has 1 aromatic rings. The van der Waals surface area contributed by atoms with E-state index in [-0.39, 0.29) is 6.10 Å². The minimum absolute atomic E-state index is 0.123. The molecule has 1 heterocycles. The fraction of sp³-hybridized carbons (Fsp3) is 0.571. The molecule has 0 radical (unpaired) electrons. The van der Waals surface area contributed by atoms with Crippen LogP contribution in [0.4, 0.5) is 0 Å². The topological polar surface area (TPSA) is 32.3 Å². The smallest absolute Gasteiger partial charge is 0.0572 e. The highest BCUT2D eigenvalue weighted by Gasteiger charge is 2.20. The van der Waals surface area contributed by atoms with Crippen LogP contribution in [0.2, 0.25) is 0 Å². The Morgan fingerprint density at radius 1 is 1.19 bits per heavy atom. The summed E-state index contributed by atoms with van der Waals surface area (Å²) in [6, 6.07) is 10.4. The average molecular weight is 219 g/mol. The second-order valence-electron chi connectivity index (χ2n) is 4.68. The molecule has 0 spiro atoms. The molecule has 2 rings (SSSR count). The first-order valence-corrected chi connectivity index (χ1v) is 6.29. The number of nitrogens with one attached hydrogen (secondary N) is 1. The number of hydrogen-bond donors (Lipinski definition) is 2. The molecule has 16 heavy (non-hydrogen) atoms. The lowest BCUT2D eigenvalue weighted by atomic mass is 9.89. The fourth-order valence-electron chi connectivity index (χ4n) is 2.42. The van der Waals surface area contributed by atoms with Gasteiger partial charge in [0, 0.05) is 0 Å². The summed E-state index contributed by atoms with van der Waals surface area (Å²) in [5.74, 6) is 0.505. The van der Waals surface area contributed by atoms with E-state index in [0.29, 0.717) is 5.92 Å². The Hall–Kier alpha value is -0.860. The second kappa shape index (κ2) is 6.02. The molecule has 0 saturated carbocycles. The molecular formula is C14H21NO. The fourth-order valence-corrected chi connectivity index (χ4v) is 2.42. The van der Waals surface area contributed by atoms with Crippen LogP contribution in [0.3, 0.4) is 0 Å². The van der Waals surface area contributed by atoms with Crippen LogP contribution < -0.4 is 5.32 Å². The molecule has 1 atom stereocenters. The Morgan fingerprint density at radius 2 is 1.88 bits per heavy atom. The summed E-state index contributed by atoms with van der Waals surface area (Å²) in [7, 11) is 0. The van der Waals surface area contributed by atoms with E-state index in [1.165, 1.54) is 5.56 Å². The summed E-state index contributed by atoms with van der Waals surface area (Å²) in [6.45, 7) is 2.13. The monoisotopic (exact) mass is 219 g/mol. The van der Waals surface area contributed by atoms with Gasteiger partial charge in [0.15, 0.2) is 0 Å². The van der Waals surface area contributed by atoms with E-state index in [1.807, 2.05) is 6.07 Å². The standard InChI is InChI=1S/C14H21NO/c16-14(13-8-10-15-11-9-13)7-6-12-4-2-1-3-5-12/h1-5,13-16H,6-11H2/t14-/m1/s1. The number of aliphatic hydroxyl groups excluding tert-OH is 1. The van der Waals surface area contributed by atoms with Gasteiger partial charge in [0.1, 0.15) is 0 Å². The Labute approximate surface area is 97.7 Å². The van der Waals surface area contributed by atoms with Crippen LogP contribution in [0.15, 0.2) is 30.3 Å². The van der Waals surface area contributed by atoms with E-state index in [1.54, 1.807) is 0 Å². The largest absolute Gasteiger partial charge is 0.393 e. The van der Waals surface area contributed by atoms with Gasteiger partial charge in [0.25, 0.3) is 0 Å². The molecule has 1 aliphatic heterocycles. The van der Waals surface area contributed by atoms with E-state index in [9.17, 15) is 5.11 Å². The Morgan fingerprint density at radius 3 is 2.56 bits per heavy atom. The van der Waals surface area contributed by atoms with Gasteiger partial charge in [-0.2, -0.15) is 0 Å². The third kappa shape index (κ3) is 3.32. The number of aliphatic hydroxyl groups is 1. The van der Waals surface area contributed by atoms with Crippen LogP contribution in [-0.4, -0.2) is 24.3 Å². The van der Waals surface area contributed by atoms with Gasteiger partial charge in [-0.1, -0.05) is 30.3 Å². The van der Waals surface area contributed by atoms with Crippen molar-refractivity contribution in [2.75, 3.05) is 13.1 Å². The zero-order valence-corrected chi connectivity index (χ0v) is 9.73. The first-order valence-electron chi connectivity index (χ1n) is 6.29. The number of aryl methyl sites for hydroxylation is 1. The highest BCUT2D eigenvalue weighted by atomic mass is 16.3. The van der Waals surface area contributed by atoms with Crippen LogP contribution in [0.25, 0.3) is 0 Å². The zero-order chi connectivity index (χ0) is 11.2. The number of benzene rings is 1. The molecule has 1 saturated heterocycles. The maximum Gasteiger partial charge on any atom is 0.0572 e. The molecule has 88 valence electrons. The molecule has 0 aliphatic carbocycles. The van der Waals surface area contributed by atoms with Gasteiger partial charge in [0.2, 0.25) is 0 Å². The van der Waals surface area contributed by atoms with E-state index in [2.05, 4.69) is 29.6 Å². The quantitative estimate of drug-likeness (QED) is 0.811. The van der Waals surface area contributed by atoms with Crippen molar-refractivity contribution in [2.45, 2.75) is 31.8 Å². The summed E-state index contributed by atoms with van der Waals surface area (Å²) in [5, 5.41) is 13.4. The van der Waals surface area contributed by atoms with Crippen LogP contribution in [0.1, 0.15) is 24.8 Å². The summed E-state index contributed by atoms with van der Waals surface area (Å²) < 4.78 is 0. The van der Waals surface area contributed by atoms with Gasteiger partial charge in [0.05, 0.1) is 6.10 Å². The van der Waals surface area contributed by atoms with Crippen molar-refractivity contribution in [1.29, 1.82) is 0 Å². The lowest BCUT2D eigenvalue weighted by molar-refractivity contribution is 0.0813. The molecule has 2 nitrogen and oxygen atoms in total. The molecule has 2 N–H and O–H groups in total. The summed E-state index contributed by atoms with van der Waals surface area (Å²) in [5.41, 5.74) is 1.33. The predicted octanol–water partition coefficient (Wildman–Crippen LogP) is 1.98. The third-order valence-electron chi connectivity index (χ3n) is 3.50. The van der Waals surface area contributed by atoms with Crippen molar-refractivity contribution in [3.63, 3.8) is 0 Å². The minimum Gasteiger partial charge on any atom is -0.393 e. The van der Waals surface area contributed by atoms with Crippen LogP contribution >= 0.6 is 0 Å². The SMILES string of the molecule is O[C@H](CCc1ccccc1)C1CCNCC1. The molecule has 1 aromatic carbocycles. The number of piperidine rings is 1. The van der Waals surface area contributed by atoms with Gasteiger partial charge < -0.3 is 10.4 Å². The lowest BCUT2D eigenvalue weighted by Crippen LogP contribution is -2.34. The molecule has 0 bridgehead atoms. The summed E-state index contributed by atoms with van der Waals surface area (Å²) in [4.78, 5) is 0. The lowest BCUT2D eigenvalue weighted by Gasteiger charge is -2.27. The van der Waals surface area contributed by atoms with E-state index < -0.39 is 0 Å². The maximum atomic E-state index is 10.1. The predicted molar refractivity (Wildman–Crippen MR) is 66.4 cm³/mol. The molecule has 1 aliphatic rings. The van der Waals surface area contributed by atoms with Crippen molar-refractivity contribution < 1.29 is 5.11 Å². The van der Waals surface area contributed by atoms with Crippen LogP contribution in [0, 0.1) is 5.92 Å². The number of hydrogen-bond acceptors (Lipinski definition) is 2. The Kier molecular flexibility index (Phi) is 4.37. The summed E-state index contributed by atoms with van der Waals surface area (Å²) in [6.07, 6.45) is 4.01. The highest BCUT2D eigenvalue weighted by molar-refractivity contribution is 5.14. The molecule has 1 fully saturated rings.